The monoisotopic (exact) mass is 470 g/mol. The summed E-state index contributed by atoms with van der Waals surface area (Å²) in [5.74, 6) is -0.841. The van der Waals surface area contributed by atoms with Gasteiger partial charge in [0.15, 0.2) is 0 Å². The number of hydrogen-bond acceptors (Lipinski definition) is 5. The number of nitrogens with one attached hydrogen (secondary N) is 2. The summed E-state index contributed by atoms with van der Waals surface area (Å²) in [6, 6.07) is 4.91. The maximum absolute atomic E-state index is 12.4. The first-order chi connectivity index (χ1) is 15.7. The van der Waals surface area contributed by atoms with E-state index in [1.54, 1.807) is 4.90 Å². The van der Waals surface area contributed by atoms with E-state index in [0.717, 1.165) is 44.2 Å². The van der Waals surface area contributed by atoms with Crippen molar-refractivity contribution in [3.05, 3.63) is 24.3 Å². The van der Waals surface area contributed by atoms with Crippen LogP contribution < -0.4 is 15.4 Å². The fourth-order valence-electron chi connectivity index (χ4n) is 4.08. The molecule has 0 aromatic heterocycles. The van der Waals surface area contributed by atoms with Crippen molar-refractivity contribution in [3.8, 4) is 5.75 Å². The molecule has 1 aromatic rings. The van der Waals surface area contributed by atoms with Crippen LogP contribution in [0.1, 0.15) is 32.1 Å². The Bertz CT molecular complexity index is 818. The van der Waals surface area contributed by atoms with Crippen molar-refractivity contribution in [1.82, 2.24) is 15.1 Å². The van der Waals surface area contributed by atoms with Crippen LogP contribution >= 0.6 is 0 Å². The molecule has 1 aromatic carbocycles. The molecule has 0 unspecified atom stereocenters. The number of rotatable bonds is 7. The maximum Gasteiger partial charge on any atom is 0.573 e. The Kier molecular flexibility index (Phi) is 8.54. The van der Waals surface area contributed by atoms with Gasteiger partial charge >= 0.3 is 6.36 Å². The Labute approximate surface area is 190 Å². The molecule has 1 saturated heterocycles. The average Bonchev–Trinajstić information content (AvgIpc) is 2.78. The van der Waals surface area contributed by atoms with Crippen LogP contribution in [0.25, 0.3) is 0 Å². The third-order valence-electron chi connectivity index (χ3n) is 5.85. The van der Waals surface area contributed by atoms with Crippen molar-refractivity contribution in [1.29, 1.82) is 0 Å². The molecule has 0 radical (unpaired) electrons. The molecular weight excluding hydrogens is 441 g/mol. The lowest BCUT2D eigenvalue weighted by molar-refractivity contribution is -0.274. The number of alkyl halides is 3. The Hall–Kier alpha value is -2.82. The molecule has 182 valence electrons. The predicted octanol–water partition coefficient (Wildman–Crippen LogP) is 2.36. The minimum Gasteiger partial charge on any atom is -0.406 e. The van der Waals surface area contributed by atoms with Crippen molar-refractivity contribution in [2.45, 2.75) is 38.5 Å². The molecule has 2 aliphatic rings. The molecule has 2 N–H and O–H groups in total. The van der Waals surface area contributed by atoms with Gasteiger partial charge in [0.2, 0.25) is 17.7 Å². The van der Waals surface area contributed by atoms with Crippen molar-refractivity contribution in [3.63, 3.8) is 0 Å². The number of nitrogens with zero attached hydrogens (tertiary/aromatic N) is 2. The van der Waals surface area contributed by atoms with Crippen LogP contribution in [-0.4, -0.2) is 73.2 Å². The summed E-state index contributed by atoms with van der Waals surface area (Å²) in [5.41, 5.74) is 0.358. The first kappa shape index (κ1) is 24.8. The second-order valence-electron chi connectivity index (χ2n) is 8.33. The third kappa shape index (κ3) is 8.23. The molecule has 1 aliphatic carbocycles. The molecule has 3 amide bonds. The lowest BCUT2D eigenvalue weighted by Crippen LogP contribution is -2.52. The van der Waals surface area contributed by atoms with Crippen LogP contribution in [0.2, 0.25) is 0 Å². The van der Waals surface area contributed by atoms with Crippen LogP contribution in [0.5, 0.6) is 5.75 Å². The largest absolute Gasteiger partial charge is 0.573 e. The number of ether oxygens (including phenoxy) is 1. The molecule has 0 atom stereocenters. The van der Waals surface area contributed by atoms with Gasteiger partial charge in [0.1, 0.15) is 5.75 Å². The number of amides is 3. The van der Waals surface area contributed by atoms with E-state index in [4.69, 9.17) is 0 Å². The number of benzene rings is 1. The van der Waals surface area contributed by atoms with E-state index in [1.807, 2.05) is 4.90 Å². The van der Waals surface area contributed by atoms with Crippen molar-refractivity contribution < 1.29 is 32.3 Å². The van der Waals surface area contributed by atoms with Gasteiger partial charge in [0.25, 0.3) is 0 Å². The van der Waals surface area contributed by atoms with Gasteiger partial charge in [-0.05, 0) is 37.1 Å². The average molecular weight is 470 g/mol. The first-order valence-electron chi connectivity index (χ1n) is 11.1. The standard InChI is InChI=1S/C22H29F3N4O4/c23-22(24,25)33-18-8-6-17(7-9-18)27-19(30)15-28-10-12-29(13-11-28)20(31)14-26-21(32)16-4-2-1-3-5-16/h6-9,16H,1-5,10-15H2,(H,26,32)(H,27,30). The SMILES string of the molecule is O=C(CN1CCN(C(=O)CNC(=O)C2CCCCC2)CC1)Nc1ccc(OC(F)(F)F)cc1. The molecule has 1 saturated carbocycles. The number of anilines is 1. The highest BCUT2D eigenvalue weighted by Gasteiger charge is 2.31. The van der Waals surface area contributed by atoms with E-state index >= 15 is 0 Å². The van der Waals surface area contributed by atoms with Gasteiger partial charge in [-0.15, -0.1) is 13.2 Å². The van der Waals surface area contributed by atoms with Crippen LogP contribution in [0.4, 0.5) is 18.9 Å². The highest BCUT2D eigenvalue weighted by Crippen LogP contribution is 2.24. The zero-order chi connectivity index (χ0) is 23.8. The minimum atomic E-state index is -4.77. The molecule has 1 aliphatic heterocycles. The van der Waals surface area contributed by atoms with Gasteiger partial charge in [0, 0.05) is 37.8 Å². The highest BCUT2D eigenvalue weighted by atomic mass is 19.4. The highest BCUT2D eigenvalue weighted by molar-refractivity contribution is 5.92. The Morgan fingerprint density at radius 3 is 2.21 bits per heavy atom. The topological polar surface area (TPSA) is 91.0 Å². The van der Waals surface area contributed by atoms with Crippen molar-refractivity contribution in [2.75, 3.05) is 44.6 Å². The second-order valence-corrected chi connectivity index (χ2v) is 8.33. The first-order valence-corrected chi connectivity index (χ1v) is 11.1. The summed E-state index contributed by atoms with van der Waals surface area (Å²) >= 11 is 0. The lowest BCUT2D eigenvalue weighted by atomic mass is 9.89. The molecule has 33 heavy (non-hydrogen) atoms. The van der Waals surface area contributed by atoms with E-state index in [2.05, 4.69) is 15.4 Å². The quantitative estimate of drug-likeness (QED) is 0.639. The van der Waals surface area contributed by atoms with Gasteiger partial charge in [-0.3, -0.25) is 19.3 Å². The van der Waals surface area contributed by atoms with Gasteiger partial charge < -0.3 is 20.3 Å². The van der Waals surface area contributed by atoms with E-state index in [0.29, 0.717) is 31.9 Å². The number of carbonyl (C=O) groups excluding carboxylic acids is 3. The van der Waals surface area contributed by atoms with E-state index < -0.39 is 6.36 Å². The van der Waals surface area contributed by atoms with Gasteiger partial charge in [-0.2, -0.15) is 0 Å². The van der Waals surface area contributed by atoms with E-state index in [1.165, 1.54) is 12.1 Å². The molecule has 0 spiro atoms. The lowest BCUT2D eigenvalue weighted by Gasteiger charge is -2.34. The fraction of sp³-hybridized carbons (Fsp3) is 0.591. The zero-order valence-electron chi connectivity index (χ0n) is 18.3. The smallest absolute Gasteiger partial charge is 0.406 e. The number of piperazine rings is 1. The molecular formula is C22H29F3N4O4. The van der Waals surface area contributed by atoms with Crippen LogP contribution in [0, 0.1) is 5.92 Å². The summed E-state index contributed by atoms with van der Waals surface area (Å²) < 4.78 is 40.4. The van der Waals surface area contributed by atoms with Gasteiger partial charge in [-0.1, -0.05) is 19.3 Å². The Morgan fingerprint density at radius 2 is 1.61 bits per heavy atom. The van der Waals surface area contributed by atoms with Crippen molar-refractivity contribution >= 4 is 23.4 Å². The Morgan fingerprint density at radius 1 is 0.970 bits per heavy atom. The summed E-state index contributed by atoms with van der Waals surface area (Å²) in [4.78, 5) is 40.4. The number of carbonyl (C=O) groups is 3. The molecule has 8 nitrogen and oxygen atoms in total. The molecule has 11 heteroatoms. The predicted molar refractivity (Wildman–Crippen MR) is 114 cm³/mol. The minimum absolute atomic E-state index is 0.00952. The summed E-state index contributed by atoms with van der Waals surface area (Å²) in [7, 11) is 0. The second kappa shape index (κ2) is 11.4. The van der Waals surface area contributed by atoms with Crippen LogP contribution in [-0.2, 0) is 14.4 Å². The third-order valence-corrected chi connectivity index (χ3v) is 5.85. The maximum atomic E-state index is 12.4. The Balaban J connectivity index is 1.35. The summed E-state index contributed by atoms with van der Waals surface area (Å²) in [6.07, 6.45) is 0.265. The van der Waals surface area contributed by atoms with E-state index in [-0.39, 0.29) is 42.5 Å². The van der Waals surface area contributed by atoms with Crippen LogP contribution in [0.15, 0.2) is 24.3 Å². The van der Waals surface area contributed by atoms with E-state index in [9.17, 15) is 27.6 Å². The summed E-state index contributed by atoms with van der Waals surface area (Å²) in [6.45, 7) is 2.01. The summed E-state index contributed by atoms with van der Waals surface area (Å²) in [5, 5.41) is 5.39. The fourth-order valence-corrected chi connectivity index (χ4v) is 4.08. The molecule has 3 rings (SSSR count). The zero-order valence-corrected chi connectivity index (χ0v) is 18.3. The van der Waals surface area contributed by atoms with Crippen LogP contribution in [0.3, 0.4) is 0 Å². The normalized spacial score (nSPS) is 18.0. The van der Waals surface area contributed by atoms with Gasteiger partial charge in [-0.25, -0.2) is 0 Å². The van der Waals surface area contributed by atoms with Gasteiger partial charge in [0.05, 0.1) is 13.1 Å². The van der Waals surface area contributed by atoms with Crippen molar-refractivity contribution in [2.24, 2.45) is 5.92 Å². The number of hydrogen-bond donors (Lipinski definition) is 2. The number of halogens is 3. The molecule has 0 bridgehead atoms. The molecule has 2 fully saturated rings. The molecule has 1 heterocycles.